The minimum atomic E-state index is 0.596. The van der Waals surface area contributed by atoms with Gasteiger partial charge in [-0.3, -0.25) is 0 Å². The van der Waals surface area contributed by atoms with Crippen molar-refractivity contribution in [3.63, 3.8) is 0 Å². The summed E-state index contributed by atoms with van der Waals surface area (Å²) in [6.45, 7) is 4.08. The molecule has 4 nitrogen and oxygen atoms in total. The van der Waals surface area contributed by atoms with E-state index in [0.717, 1.165) is 12.2 Å². The second kappa shape index (κ2) is 5.99. The van der Waals surface area contributed by atoms with Crippen molar-refractivity contribution in [1.29, 1.82) is 5.26 Å². The molecule has 2 N–H and O–H groups in total. The summed E-state index contributed by atoms with van der Waals surface area (Å²) in [5, 5.41) is 9.00. The maximum atomic E-state index is 9.00. The van der Waals surface area contributed by atoms with Crippen LogP contribution in [-0.2, 0) is 4.74 Å². The predicted octanol–water partition coefficient (Wildman–Crippen LogP) is 1.61. The zero-order valence-corrected chi connectivity index (χ0v) is 9.73. The van der Waals surface area contributed by atoms with Gasteiger partial charge < -0.3 is 15.4 Å². The fourth-order valence-electron chi connectivity index (χ4n) is 1.44. The van der Waals surface area contributed by atoms with Gasteiger partial charge in [0.25, 0.3) is 0 Å². The van der Waals surface area contributed by atoms with E-state index in [2.05, 4.69) is 6.07 Å². The van der Waals surface area contributed by atoms with Gasteiger partial charge in [0.2, 0.25) is 0 Å². The molecular formula is C12H17N3O. The molecule has 0 amide bonds. The normalized spacial score (nSPS) is 9.81. The van der Waals surface area contributed by atoms with Crippen LogP contribution in [0.4, 0.5) is 11.4 Å². The van der Waals surface area contributed by atoms with Crippen molar-refractivity contribution in [2.24, 2.45) is 0 Å². The van der Waals surface area contributed by atoms with Crippen molar-refractivity contribution in [2.45, 2.75) is 6.92 Å². The quantitative estimate of drug-likeness (QED) is 0.603. The van der Waals surface area contributed by atoms with Gasteiger partial charge in [-0.1, -0.05) is 0 Å². The molecule has 0 aliphatic heterocycles. The molecule has 0 fully saturated rings. The van der Waals surface area contributed by atoms with Gasteiger partial charge >= 0.3 is 0 Å². The fraction of sp³-hybridized carbons (Fsp3) is 0.417. The zero-order chi connectivity index (χ0) is 12.0. The Morgan fingerprint density at radius 3 is 2.88 bits per heavy atom. The SMILES string of the molecule is CCOCCN(C)c1ccc(N)cc1C#N. The summed E-state index contributed by atoms with van der Waals surface area (Å²) in [6.07, 6.45) is 0. The van der Waals surface area contributed by atoms with Gasteiger partial charge in [-0.2, -0.15) is 5.26 Å². The number of likely N-dealkylation sites (N-methyl/N-ethyl adjacent to an activating group) is 1. The summed E-state index contributed by atoms with van der Waals surface area (Å²) in [6, 6.07) is 7.49. The second-order valence-corrected chi connectivity index (χ2v) is 3.51. The fourth-order valence-corrected chi connectivity index (χ4v) is 1.44. The van der Waals surface area contributed by atoms with Crippen molar-refractivity contribution >= 4 is 11.4 Å². The van der Waals surface area contributed by atoms with Crippen LogP contribution in [-0.4, -0.2) is 26.8 Å². The van der Waals surface area contributed by atoms with E-state index in [-0.39, 0.29) is 0 Å². The molecule has 0 bridgehead atoms. The van der Waals surface area contributed by atoms with Crippen molar-refractivity contribution in [3.8, 4) is 6.07 Å². The van der Waals surface area contributed by atoms with Crippen LogP contribution in [0.25, 0.3) is 0 Å². The molecule has 0 saturated carbocycles. The van der Waals surface area contributed by atoms with Crippen LogP contribution in [0.3, 0.4) is 0 Å². The zero-order valence-electron chi connectivity index (χ0n) is 9.73. The molecule has 0 atom stereocenters. The van der Waals surface area contributed by atoms with Crippen LogP contribution in [0.5, 0.6) is 0 Å². The third-order valence-electron chi connectivity index (χ3n) is 2.33. The molecule has 0 aromatic heterocycles. The minimum absolute atomic E-state index is 0.596. The Kier molecular flexibility index (Phi) is 4.62. The van der Waals surface area contributed by atoms with Crippen LogP contribution in [0.15, 0.2) is 18.2 Å². The lowest BCUT2D eigenvalue weighted by molar-refractivity contribution is 0.154. The highest BCUT2D eigenvalue weighted by Crippen LogP contribution is 2.21. The first kappa shape index (κ1) is 12.3. The molecular weight excluding hydrogens is 202 g/mol. The molecule has 0 aliphatic rings. The van der Waals surface area contributed by atoms with Crippen molar-refractivity contribution in [2.75, 3.05) is 37.4 Å². The highest BCUT2D eigenvalue weighted by Gasteiger charge is 2.07. The molecule has 4 heteroatoms. The first-order valence-electron chi connectivity index (χ1n) is 5.27. The average molecular weight is 219 g/mol. The Bertz CT molecular complexity index is 384. The summed E-state index contributed by atoms with van der Waals surface area (Å²) in [4.78, 5) is 1.99. The van der Waals surface area contributed by atoms with Gasteiger partial charge in [0.05, 0.1) is 17.9 Å². The topological polar surface area (TPSA) is 62.3 Å². The van der Waals surface area contributed by atoms with Crippen molar-refractivity contribution in [1.82, 2.24) is 0 Å². The lowest BCUT2D eigenvalue weighted by Gasteiger charge is -2.20. The van der Waals surface area contributed by atoms with E-state index in [4.69, 9.17) is 15.7 Å². The first-order valence-corrected chi connectivity index (χ1v) is 5.27. The van der Waals surface area contributed by atoms with Crippen LogP contribution >= 0.6 is 0 Å². The number of nitrogens with two attached hydrogens (primary N) is 1. The van der Waals surface area contributed by atoms with E-state index in [1.807, 2.05) is 24.9 Å². The number of anilines is 2. The standard InChI is InChI=1S/C12H17N3O/c1-3-16-7-6-15(2)12-5-4-11(14)8-10(12)9-13/h4-5,8H,3,6-7,14H2,1-2H3. The number of hydrogen-bond acceptors (Lipinski definition) is 4. The molecule has 1 rings (SSSR count). The highest BCUT2D eigenvalue weighted by atomic mass is 16.5. The molecule has 0 saturated heterocycles. The molecule has 0 heterocycles. The minimum Gasteiger partial charge on any atom is -0.399 e. The molecule has 0 unspecified atom stereocenters. The number of benzene rings is 1. The average Bonchev–Trinajstić information content (AvgIpc) is 2.29. The van der Waals surface area contributed by atoms with E-state index in [1.54, 1.807) is 12.1 Å². The Morgan fingerprint density at radius 2 is 2.25 bits per heavy atom. The van der Waals surface area contributed by atoms with Crippen LogP contribution in [0.2, 0.25) is 0 Å². The van der Waals surface area contributed by atoms with E-state index in [1.165, 1.54) is 0 Å². The third kappa shape index (κ3) is 3.14. The van der Waals surface area contributed by atoms with E-state index < -0.39 is 0 Å². The largest absolute Gasteiger partial charge is 0.399 e. The number of nitrogens with zero attached hydrogens (tertiary/aromatic N) is 2. The molecule has 1 aromatic rings. The maximum Gasteiger partial charge on any atom is 0.101 e. The number of ether oxygens (including phenoxy) is 1. The van der Waals surface area contributed by atoms with Crippen LogP contribution in [0, 0.1) is 11.3 Å². The molecule has 0 aliphatic carbocycles. The second-order valence-electron chi connectivity index (χ2n) is 3.51. The lowest BCUT2D eigenvalue weighted by atomic mass is 10.1. The van der Waals surface area contributed by atoms with Crippen molar-refractivity contribution < 1.29 is 4.74 Å². The number of hydrogen-bond donors (Lipinski definition) is 1. The van der Waals surface area contributed by atoms with Gasteiger partial charge in [0.15, 0.2) is 0 Å². The lowest BCUT2D eigenvalue weighted by Crippen LogP contribution is -2.23. The summed E-state index contributed by atoms with van der Waals surface area (Å²) in [5.41, 5.74) is 7.72. The summed E-state index contributed by atoms with van der Waals surface area (Å²) < 4.78 is 5.27. The van der Waals surface area contributed by atoms with Gasteiger partial charge in [0.1, 0.15) is 6.07 Å². The highest BCUT2D eigenvalue weighted by molar-refractivity contribution is 5.64. The van der Waals surface area contributed by atoms with E-state index in [0.29, 0.717) is 24.5 Å². The van der Waals surface area contributed by atoms with Gasteiger partial charge in [-0.05, 0) is 25.1 Å². The molecule has 86 valence electrons. The third-order valence-corrected chi connectivity index (χ3v) is 2.33. The van der Waals surface area contributed by atoms with Crippen molar-refractivity contribution in [3.05, 3.63) is 23.8 Å². The van der Waals surface area contributed by atoms with E-state index in [9.17, 15) is 0 Å². The van der Waals surface area contributed by atoms with Gasteiger partial charge in [-0.25, -0.2) is 0 Å². The number of rotatable bonds is 5. The Labute approximate surface area is 96.2 Å². The van der Waals surface area contributed by atoms with E-state index >= 15 is 0 Å². The monoisotopic (exact) mass is 219 g/mol. The predicted molar refractivity (Wildman–Crippen MR) is 65.3 cm³/mol. The Balaban J connectivity index is 2.75. The first-order chi connectivity index (χ1) is 7.69. The molecule has 1 aromatic carbocycles. The Hall–Kier alpha value is -1.73. The molecule has 0 spiro atoms. The Morgan fingerprint density at radius 1 is 1.50 bits per heavy atom. The molecule has 0 radical (unpaired) electrons. The number of nitrogen functional groups attached to an aromatic ring is 1. The molecule has 16 heavy (non-hydrogen) atoms. The summed E-state index contributed by atoms with van der Waals surface area (Å²) >= 11 is 0. The van der Waals surface area contributed by atoms with Gasteiger partial charge in [-0.15, -0.1) is 0 Å². The smallest absolute Gasteiger partial charge is 0.101 e. The van der Waals surface area contributed by atoms with Crippen LogP contribution in [0.1, 0.15) is 12.5 Å². The van der Waals surface area contributed by atoms with Crippen LogP contribution < -0.4 is 10.6 Å². The maximum absolute atomic E-state index is 9.00. The number of nitriles is 1. The van der Waals surface area contributed by atoms with Gasteiger partial charge in [0, 0.05) is 25.9 Å². The summed E-state index contributed by atoms with van der Waals surface area (Å²) in [7, 11) is 1.94. The summed E-state index contributed by atoms with van der Waals surface area (Å²) in [5.74, 6) is 0.